The summed E-state index contributed by atoms with van der Waals surface area (Å²) < 4.78 is -0.266. The van der Waals surface area contributed by atoms with E-state index in [0.29, 0.717) is 21.6 Å². The molecule has 1 aromatic rings. The Morgan fingerprint density at radius 1 is 1.17 bits per heavy atom. The Morgan fingerprint density at radius 2 is 2.00 bits per heavy atom. The van der Waals surface area contributed by atoms with Gasteiger partial charge in [-0.1, -0.05) is 23.2 Å². The molecule has 1 atom stereocenters. The van der Waals surface area contributed by atoms with E-state index in [4.69, 9.17) is 35.0 Å². The number of aliphatic imine (C=N–C) groups is 2. The monoisotopic (exact) mass is 299 g/mol. The van der Waals surface area contributed by atoms with Gasteiger partial charge in [0.1, 0.15) is 11.9 Å². The third-order valence-corrected chi connectivity index (χ3v) is 3.46. The molecule has 90 valence electrons. The summed E-state index contributed by atoms with van der Waals surface area (Å²) in [7, 11) is 0. The van der Waals surface area contributed by atoms with Crippen LogP contribution in [0.2, 0.25) is 10.0 Å². The molecule has 1 aromatic carbocycles. The fraction of sp³-hybridized carbons (Fsp3) is 0. The highest BCUT2D eigenvalue weighted by Gasteiger charge is 2.38. The first-order valence-electron chi connectivity index (χ1n) is 5.02. The molecule has 3 rings (SSSR count). The van der Waals surface area contributed by atoms with Crippen molar-refractivity contribution in [3.05, 3.63) is 40.0 Å². The van der Waals surface area contributed by atoms with Crippen LogP contribution >= 0.6 is 35.0 Å². The highest BCUT2D eigenvalue weighted by atomic mass is 35.5. The van der Waals surface area contributed by atoms with Crippen LogP contribution in [0.5, 0.6) is 0 Å². The second-order valence-corrected chi connectivity index (χ2v) is 5.08. The number of nitrogens with zero attached hydrogens (tertiary/aromatic N) is 4. The number of quaternary nitrogens is 1. The third kappa shape index (κ3) is 1.87. The lowest BCUT2D eigenvalue weighted by Crippen LogP contribution is -2.34. The van der Waals surface area contributed by atoms with E-state index in [-0.39, 0.29) is 4.11 Å². The molecule has 7 heteroatoms. The Bertz CT molecular complexity index is 648. The number of halogens is 3. The van der Waals surface area contributed by atoms with Crippen molar-refractivity contribution in [3.63, 3.8) is 0 Å². The molecule has 0 amide bonds. The van der Waals surface area contributed by atoms with E-state index < -0.39 is 0 Å². The van der Waals surface area contributed by atoms with E-state index in [0.717, 1.165) is 5.56 Å². The molecule has 0 bridgehead atoms. The van der Waals surface area contributed by atoms with Crippen LogP contribution in [0, 0.1) is 0 Å². The van der Waals surface area contributed by atoms with Gasteiger partial charge in [-0.05, 0) is 27.4 Å². The largest absolute Gasteiger partial charge is 0.298 e. The van der Waals surface area contributed by atoms with Gasteiger partial charge in [0, 0.05) is 10.6 Å². The standard InChI is InChI=1S/C11H6Cl3N4/c12-7-1-2-8(9(13)3-7)10-5-18(14)11(4-15-10)16-6-17-18/h1-6H/q+1. The third-order valence-electron chi connectivity index (χ3n) is 2.55. The van der Waals surface area contributed by atoms with Crippen LogP contribution in [0.15, 0.2) is 39.5 Å². The smallest absolute Gasteiger partial charge is 0.242 e. The highest BCUT2D eigenvalue weighted by molar-refractivity contribution is 6.37. The first-order chi connectivity index (χ1) is 8.58. The van der Waals surface area contributed by atoms with Crippen molar-refractivity contribution < 1.29 is 4.11 Å². The number of hydrogen-bond acceptors (Lipinski definition) is 3. The van der Waals surface area contributed by atoms with E-state index in [1.54, 1.807) is 30.6 Å². The molecule has 4 nitrogen and oxygen atoms in total. The summed E-state index contributed by atoms with van der Waals surface area (Å²) in [4.78, 5) is 8.29. The van der Waals surface area contributed by atoms with Crippen molar-refractivity contribution in [1.29, 1.82) is 0 Å². The minimum absolute atomic E-state index is 0.266. The predicted molar refractivity (Wildman–Crippen MR) is 75.0 cm³/mol. The second-order valence-electron chi connectivity index (χ2n) is 3.72. The summed E-state index contributed by atoms with van der Waals surface area (Å²) in [6.45, 7) is 0. The lowest BCUT2D eigenvalue weighted by Gasteiger charge is -2.17. The molecule has 0 spiro atoms. The Labute approximate surface area is 118 Å². The topological polar surface area (TPSA) is 37.1 Å². The van der Waals surface area contributed by atoms with Crippen LogP contribution in [0.4, 0.5) is 0 Å². The number of benzene rings is 1. The Kier molecular flexibility index (Phi) is 2.75. The maximum absolute atomic E-state index is 6.27. The van der Waals surface area contributed by atoms with Crippen LogP contribution in [-0.4, -0.2) is 22.5 Å². The van der Waals surface area contributed by atoms with Gasteiger partial charge >= 0.3 is 0 Å². The van der Waals surface area contributed by atoms with Gasteiger partial charge in [-0.15, -0.1) is 0 Å². The SMILES string of the molecule is Clc1ccc(C2=C[N+]3(Cl)N=CN=C3C=N2)c(Cl)c1. The Balaban J connectivity index is 2.09. The summed E-state index contributed by atoms with van der Waals surface area (Å²) in [5.74, 6) is 0.547. The maximum atomic E-state index is 6.27. The maximum Gasteiger partial charge on any atom is 0.298 e. The number of fused-ring (bicyclic) bond motifs is 1. The fourth-order valence-electron chi connectivity index (χ4n) is 1.67. The van der Waals surface area contributed by atoms with Crippen molar-refractivity contribution in [2.45, 2.75) is 0 Å². The number of rotatable bonds is 1. The molecular formula is C11H6Cl3N4+. The van der Waals surface area contributed by atoms with Crippen LogP contribution in [0.25, 0.3) is 5.70 Å². The summed E-state index contributed by atoms with van der Waals surface area (Å²) in [5.41, 5.74) is 1.38. The van der Waals surface area contributed by atoms with Crippen molar-refractivity contribution in [1.82, 2.24) is 0 Å². The molecule has 0 radical (unpaired) electrons. The lowest BCUT2D eigenvalue weighted by atomic mass is 10.1. The van der Waals surface area contributed by atoms with Gasteiger partial charge in [-0.25, -0.2) is 4.99 Å². The van der Waals surface area contributed by atoms with Crippen molar-refractivity contribution in [2.24, 2.45) is 15.1 Å². The summed E-state index contributed by atoms with van der Waals surface area (Å²) >= 11 is 18.3. The van der Waals surface area contributed by atoms with Crippen molar-refractivity contribution in [2.75, 3.05) is 0 Å². The minimum atomic E-state index is -0.266. The van der Waals surface area contributed by atoms with E-state index in [2.05, 4.69) is 15.1 Å². The van der Waals surface area contributed by atoms with E-state index in [1.807, 2.05) is 0 Å². The molecule has 0 N–H and O–H groups in total. The molecule has 0 saturated heterocycles. The summed E-state index contributed by atoms with van der Waals surface area (Å²) in [5, 5.41) is 5.13. The predicted octanol–water partition coefficient (Wildman–Crippen LogP) is 3.70. The van der Waals surface area contributed by atoms with Gasteiger partial charge in [-0.3, -0.25) is 0 Å². The first-order valence-corrected chi connectivity index (χ1v) is 6.11. The Hall–Kier alpha value is -1.20. The zero-order valence-corrected chi connectivity index (χ0v) is 11.2. The molecule has 0 saturated carbocycles. The average molecular weight is 301 g/mol. The minimum Gasteiger partial charge on any atom is -0.242 e. The summed E-state index contributed by atoms with van der Waals surface area (Å²) in [6.07, 6.45) is 4.64. The van der Waals surface area contributed by atoms with Gasteiger partial charge in [-0.2, -0.15) is 4.99 Å². The van der Waals surface area contributed by atoms with Crippen LogP contribution in [-0.2, 0) is 0 Å². The van der Waals surface area contributed by atoms with Crippen LogP contribution < -0.4 is 0 Å². The van der Waals surface area contributed by atoms with Gasteiger partial charge in [0.05, 0.1) is 5.02 Å². The molecule has 2 aliphatic rings. The van der Waals surface area contributed by atoms with Crippen molar-refractivity contribution >= 4 is 59.1 Å². The normalized spacial score (nSPS) is 24.8. The summed E-state index contributed by atoms with van der Waals surface area (Å²) in [6, 6.07) is 5.19. The first kappa shape index (κ1) is 11.9. The lowest BCUT2D eigenvalue weighted by molar-refractivity contribution is -0.658. The van der Waals surface area contributed by atoms with Gasteiger partial charge in [0.15, 0.2) is 12.5 Å². The number of hydrogen-bond donors (Lipinski definition) is 0. The molecule has 2 heterocycles. The zero-order chi connectivity index (χ0) is 12.8. The number of amidine groups is 1. The molecule has 1 unspecified atom stereocenters. The van der Waals surface area contributed by atoms with Gasteiger partial charge < -0.3 is 0 Å². The van der Waals surface area contributed by atoms with Crippen LogP contribution in [0.1, 0.15) is 5.56 Å². The molecular weight excluding hydrogens is 295 g/mol. The highest BCUT2D eigenvalue weighted by Crippen LogP contribution is 2.33. The fourth-order valence-corrected chi connectivity index (χ4v) is 2.40. The molecule has 0 aliphatic carbocycles. The van der Waals surface area contributed by atoms with Gasteiger partial charge in [0.25, 0.3) is 5.84 Å². The quantitative estimate of drug-likeness (QED) is 0.709. The molecule has 18 heavy (non-hydrogen) atoms. The molecule has 2 aliphatic heterocycles. The van der Waals surface area contributed by atoms with Crippen molar-refractivity contribution in [3.8, 4) is 0 Å². The van der Waals surface area contributed by atoms with E-state index in [1.165, 1.54) is 6.34 Å². The second kappa shape index (κ2) is 4.17. The molecule has 0 aromatic heterocycles. The molecule has 0 fully saturated rings. The zero-order valence-electron chi connectivity index (χ0n) is 8.89. The van der Waals surface area contributed by atoms with E-state index >= 15 is 0 Å². The Morgan fingerprint density at radius 3 is 2.78 bits per heavy atom. The van der Waals surface area contributed by atoms with Gasteiger partial charge in [0.2, 0.25) is 11.8 Å². The average Bonchev–Trinajstić information content (AvgIpc) is 2.69. The van der Waals surface area contributed by atoms with Crippen LogP contribution in [0.3, 0.4) is 0 Å². The van der Waals surface area contributed by atoms with E-state index in [9.17, 15) is 0 Å².